The zero-order chi connectivity index (χ0) is 24.9. The largest absolute Gasteiger partial charge is 0.490 e. The first kappa shape index (κ1) is 25.3. The molecule has 0 spiro atoms. The van der Waals surface area contributed by atoms with Crippen LogP contribution >= 0.6 is 0 Å². The van der Waals surface area contributed by atoms with E-state index >= 15 is 0 Å². The lowest BCUT2D eigenvalue weighted by atomic mass is 9.93. The summed E-state index contributed by atoms with van der Waals surface area (Å²) in [5.41, 5.74) is 1.46. The van der Waals surface area contributed by atoms with Crippen LogP contribution in [-0.2, 0) is 4.79 Å². The summed E-state index contributed by atoms with van der Waals surface area (Å²) in [6, 6.07) is 4.66. The minimum absolute atomic E-state index is 0.0394. The van der Waals surface area contributed by atoms with Crippen LogP contribution in [0.2, 0.25) is 0 Å². The number of rotatable bonds is 10. The Bertz CT molecular complexity index is 1030. The monoisotopic (exact) mass is 484 g/mol. The van der Waals surface area contributed by atoms with Gasteiger partial charge in [0, 0.05) is 38.6 Å². The predicted octanol–water partition coefficient (Wildman–Crippen LogP) is 1.74. The second-order valence-electron chi connectivity index (χ2n) is 9.76. The number of carbonyl (C=O) groups excluding carboxylic acids is 2. The Hall–Kier alpha value is -2.82. The third-order valence-corrected chi connectivity index (χ3v) is 6.66. The number of para-hydroxylation sites is 1. The van der Waals surface area contributed by atoms with Crippen LogP contribution in [0.15, 0.2) is 30.6 Å². The van der Waals surface area contributed by atoms with Crippen molar-refractivity contribution in [2.24, 2.45) is 5.92 Å². The smallest absolute Gasteiger partial charge is 0.327 e. The number of imide groups is 1. The van der Waals surface area contributed by atoms with Gasteiger partial charge in [0.15, 0.2) is 0 Å². The molecule has 2 fully saturated rings. The van der Waals surface area contributed by atoms with Crippen molar-refractivity contribution in [3.05, 3.63) is 30.6 Å². The van der Waals surface area contributed by atoms with Crippen molar-refractivity contribution in [1.29, 1.82) is 0 Å². The molecule has 190 valence electrons. The molecule has 10 heteroatoms. The van der Waals surface area contributed by atoms with E-state index in [1.807, 2.05) is 18.2 Å². The Kier molecular flexibility index (Phi) is 8.15. The van der Waals surface area contributed by atoms with Gasteiger partial charge in [0.05, 0.1) is 11.6 Å². The molecule has 3 N–H and O–H groups in total. The summed E-state index contributed by atoms with van der Waals surface area (Å²) >= 11 is 0. The number of carbonyl (C=O) groups is 2. The molecule has 0 aliphatic carbocycles. The van der Waals surface area contributed by atoms with Gasteiger partial charge in [-0.25, -0.2) is 9.78 Å². The van der Waals surface area contributed by atoms with Crippen LogP contribution in [0.25, 0.3) is 11.0 Å². The van der Waals surface area contributed by atoms with Crippen molar-refractivity contribution >= 4 is 23.0 Å². The molecule has 2 aliphatic heterocycles. The van der Waals surface area contributed by atoms with Crippen molar-refractivity contribution in [2.45, 2.75) is 63.8 Å². The fraction of sp³-hybridized carbons (Fsp3) is 0.600. The van der Waals surface area contributed by atoms with Crippen LogP contribution in [0, 0.1) is 5.92 Å². The maximum atomic E-state index is 13.1. The molecule has 10 nitrogen and oxygen atoms in total. The van der Waals surface area contributed by atoms with E-state index in [-0.39, 0.29) is 36.5 Å². The Morgan fingerprint density at radius 2 is 1.89 bits per heavy atom. The number of unbranched alkanes of at least 4 members (excludes halogenated alkanes) is 2. The van der Waals surface area contributed by atoms with Gasteiger partial charge >= 0.3 is 6.03 Å². The third-order valence-electron chi connectivity index (χ3n) is 6.66. The van der Waals surface area contributed by atoms with Gasteiger partial charge in [0.2, 0.25) is 0 Å². The SMILES string of the molecule is CC(C)CN1C(=O)N(C)C(=O)C2NC(CCCCCO)C(COc3cccc4nccnc34)NC21. The number of nitrogens with zero attached hydrogens (tertiary/aromatic N) is 4. The quantitative estimate of drug-likeness (QED) is 0.436. The molecule has 0 bridgehead atoms. The number of likely N-dealkylation sites (N-methyl/N-ethyl adjacent to an activating group) is 1. The van der Waals surface area contributed by atoms with E-state index in [1.165, 1.54) is 4.90 Å². The molecule has 3 amide bonds. The van der Waals surface area contributed by atoms with Crippen LogP contribution in [0.1, 0.15) is 39.5 Å². The summed E-state index contributed by atoms with van der Waals surface area (Å²) in [6.07, 6.45) is 6.22. The van der Waals surface area contributed by atoms with Gasteiger partial charge in [-0.05, 0) is 30.9 Å². The molecule has 4 unspecified atom stereocenters. The lowest BCUT2D eigenvalue weighted by Gasteiger charge is -2.51. The van der Waals surface area contributed by atoms with Crippen LogP contribution in [0.5, 0.6) is 5.75 Å². The topological polar surface area (TPSA) is 120 Å². The van der Waals surface area contributed by atoms with Gasteiger partial charge in [-0.1, -0.05) is 32.8 Å². The molecule has 4 atom stereocenters. The molecule has 2 aromatic rings. The lowest BCUT2D eigenvalue weighted by molar-refractivity contribution is -0.138. The van der Waals surface area contributed by atoms with Crippen LogP contribution in [-0.4, -0.2) is 87.9 Å². The van der Waals surface area contributed by atoms with Gasteiger partial charge < -0.3 is 14.7 Å². The molecule has 1 aromatic carbocycles. The highest BCUT2D eigenvalue weighted by molar-refractivity contribution is 6.00. The molecular formula is C25H36N6O4. The summed E-state index contributed by atoms with van der Waals surface area (Å²) in [4.78, 5) is 37.8. The van der Waals surface area contributed by atoms with Crippen molar-refractivity contribution in [2.75, 3.05) is 26.8 Å². The number of aliphatic hydroxyl groups is 1. The Morgan fingerprint density at radius 1 is 1.09 bits per heavy atom. The number of amides is 3. The van der Waals surface area contributed by atoms with Gasteiger partial charge in [-0.2, -0.15) is 0 Å². The van der Waals surface area contributed by atoms with E-state index in [0.29, 0.717) is 24.4 Å². The maximum Gasteiger partial charge on any atom is 0.327 e. The standard InChI is InChI=1S/C25H36N6O4/c1-16(2)14-31-23-22(24(33)30(3)25(31)34)28-17(8-5-4-6-13-32)19(29-23)15-35-20-10-7-9-18-21(20)27-12-11-26-18/h7,9-12,16-17,19,22-23,28-29,32H,4-6,8,13-15H2,1-3H3. The molecule has 2 aliphatic rings. The highest BCUT2D eigenvalue weighted by atomic mass is 16.5. The summed E-state index contributed by atoms with van der Waals surface area (Å²) < 4.78 is 6.24. The summed E-state index contributed by atoms with van der Waals surface area (Å²) in [6.45, 7) is 5.16. The Labute approximate surface area is 206 Å². The first-order valence-electron chi connectivity index (χ1n) is 12.4. The average molecular weight is 485 g/mol. The van der Waals surface area contributed by atoms with E-state index < -0.39 is 12.2 Å². The number of piperazine rings is 1. The van der Waals surface area contributed by atoms with Gasteiger partial charge in [0.25, 0.3) is 5.91 Å². The number of urea groups is 1. The Morgan fingerprint density at radius 3 is 2.66 bits per heavy atom. The van der Waals surface area contributed by atoms with Crippen molar-refractivity contribution < 1.29 is 19.4 Å². The van der Waals surface area contributed by atoms with E-state index in [4.69, 9.17) is 9.84 Å². The molecule has 0 radical (unpaired) electrons. The number of hydrogen-bond acceptors (Lipinski definition) is 8. The Balaban J connectivity index is 1.55. The molecule has 4 rings (SSSR count). The van der Waals surface area contributed by atoms with Crippen LogP contribution in [0.4, 0.5) is 4.79 Å². The summed E-state index contributed by atoms with van der Waals surface area (Å²) in [5, 5.41) is 16.3. The summed E-state index contributed by atoms with van der Waals surface area (Å²) in [7, 11) is 1.54. The number of fused-ring (bicyclic) bond motifs is 2. The zero-order valence-corrected chi connectivity index (χ0v) is 20.7. The molecule has 0 saturated carbocycles. The van der Waals surface area contributed by atoms with E-state index in [9.17, 15) is 9.59 Å². The number of aliphatic hydroxyl groups excluding tert-OH is 1. The van der Waals surface area contributed by atoms with Gasteiger partial charge in [-0.3, -0.25) is 25.3 Å². The summed E-state index contributed by atoms with van der Waals surface area (Å²) in [5.74, 6) is 0.674. The molecular weight excluding hydrogens is 448 g/mol. The molecule has 35 heavy (non-hydrogen) atoms. The number of hydrogen-bond donors (Lipinski definition) is 3. The number of nitrogens with one attached hydrogen (secondary N) is 2. The zero-order valence-electron chi connectivity index (χ0n) is 20.7. The first-order chi connectivity index (χ1) is 16.9. The number of ether oxygens (including phenoxy) is 1. The maximum absolute atomic E-state index is 13.1. The highest BCUT2D eigenvalue weighted by Gasteiger charge is 2.50. The molecule has 1 aromatic heterocycles. The highest BCUT2D eigenvalue weighted by Crippen LogP contribution is 2.26. The van der Waals surface area contributed by atoms with Crippen molar-refractivity contribution in [3.63, 3.8) is 0 Å². The average Bonchev–Trinajstić information content (AvgIpc) is 2.86. The predicted molar refractivity (Wildman–Crippen MR) is 132 cm³/mol. The third kappa shape index (κ3) is 5.55. The minimum Gasteiger partial charge on any atom is -0.490 e. The second-order valence-corrected chi connectivity index (χ2v) is 9.76. The fourth-order valence-corrected chi connectivity index (χ4v) is 4.91. The first-order valence-corrected chi connectivity index (χ1v) is 12.4. The number of benzene rings is 1. The normalized spacial score (nSPS) is 24.8. The van der Waals surface area contributed by atoms with Gasteiger partial charge in [0.1, 0.15) is 30.1 Å². The van der Waals surface area contributed by atoms with Gasteiger partial charge in [-0.15, -0.1) is 0 Å². The van der Waals surface area contributed by atoms with Crippen LogP contribution < -0.4 is 15.4 Å². The minimum atomic E-state index is -0.529. The number of aromatic nitrogens is 2. The van der Waals surface area contributed by atoms with E-state index in [2.05, 4.69) is 34.4 Å². The van der Waals surface area contributed by atoms with E-state index in [0.717, 1.165) is 31.2 Å². The van der Waals surface area contributed by atoms with Crippen LogP contribution in [0.3, 0.4) is 0 Å². The second kappa shape index (κ2) is 11.3. The molecule has 3 heterocycles. The lowest BCUT2D eigenvalue weighted by Crippen LogP contribution is -2.79. The van der Waals surface area contributed by atoms with E-state index in [1.54, 1.807) is 24.3 Å². The molecule has 2 saturated heterocycles. The van der Waals surface area contributed by atoms with Crippen molar-refractivity contribution in [3.8, 4) is 5.75 Å². The van der Waals surface area contributed by atoms with Crippen molar-refractivity contribution in [1.82, 2.24) is 30.4 Å². The fourth-order valence-electron chi connectivity index (χ4n) is 4.91.